The van der Waals surface area contributed by atoms with Crippen molar-refractivity contribution in [1.29, 1.82) is 0 Å². The van der Waals surface area contributed by atoms with Gasteiger partial charge in [-0.2, -0.15) is 0 Å². The summed E-state index contributed by atoms with van der Waals surface area (Å²) in [6.45, 7) is 1.95. The van der Waals surface area contributed by atoms with Crippen LogP contribution in [0, 0.1) is 6.92 Å². The van der Waals surface area contributed by atoms with E-state index in [-0.39, 0.29) is 30.4 Å². The summed E-state index contributed by atoms with van der Waals surface area (Å²) < 4.78 is 5.86. The SMILES string of the molecule is Cc1ccc(C(=O)CCC(=O)Nc2ccc3c(c2)NC(=O)C(c2ccccc2)O3)cc1. The molecule has 1 aliphatic heterocycles. The number of ether oxygens (including phenoxy) is 1. The standard InChI is InChI=1S/C25H22N2O4/c1-16-7-9-17(10-8-16)21(28)12-14-23(29)26-19-11-13-22-20(15-19)27-25(30)24(31-22)18-5-3-2-4-6-18/h2-11,13,15,24H,12,14H2,1H3,(H,26,29)(H,27,30). The minimum absolute atomic E-state index is 0.0722. The third-order valence-electron chi connectivity index (χ3n) is 5.06. The molecule has 0 aromatic heterocycles. The fourth-order valence-electron chi connectivity index (χ4n) is 3.37. The first-order valence-electron chi connectivity index (χ1n) is 10.1. The molecule has 1 unspecified atom stereocenters. The van der Waals surface area contributed by atoms with Gasteiger partial charge in [0.05, 0.1) is 5.69 Å². The molecule has 0 saturated heterocycles. The number of aryl methyl sites for hydroxylation is 1. The van der Waals surface area contributed by atoms with E-state index in [0.29, 0.717) is 22.7 Å². The Labute approximate surface area is 180 Å². The maximum absolute atomic E-state index is 12.5. The van der Waals surface area contributed by atoms with Crippen molar-refractivity contribution in [3.05, 3.63) is 89.5 Å². The van der Waals surface area contributed by atoms with E-state index in [0.717, 1.165) is 11.1 Å². The Morgan fingerprint density at radius 1 is 0.968 bits per heavy atom. The Bertz CT molecular complexity index is 1120. The Kier molecular flexibility index (Phi) is 5.80. The van der Waals surface area contributed by atoms with Crippen LogP contribution in [0.1, 0.15) is 40.4 Å². The first-order chi connectivity index (χ1) is 15.0. The molecule has 6 heteroatoms. The molecule has 0 fully saturated rings. The monoisotopic (exact) mass is 414 g/mol. The average molecular weight is 414 g/mol. The molecule has 2 amide bonds. The van der Waals surface area contributed by atoms with Gasteiger partial charge < -0.3 is 15.4 Å². The minimum atomic E-state index is -0.720. The Morgan fingerprint density at radius 2 is 1.71 bits per heavy atom. The maximum Gasteiger partial charge on any atom is 0.270 e. The molecule has 4 rings (SSSR count). The highest BCUT2D eigenvalue weighted by molar-refractivity contribution is 6.01. The molecule has 0 saturated carbocycles. The van der Waals surface area contributed by atoms with E-state index in [9.17, 15) is 14.4 Å². The molecular formula is C25H22N2O4. The van der Waals surface area contributed by atoms with Crippen molar-refractivity contribution in [2.24, 2.45) is 0 Å². The summed E-state index contributed by atoms with van der Waals surface area (Å²) in [5.74, 6) is -0.0919. The van der Waals surface area contributed by atoms with Gasteiger partial charge in [0.15, 0.2) is 5.78 Å². The topological polar surface area (TPSA) is 84.5 Å². The van der Waals surface area contributed by atoms with Crippen LogP contribution in [0.15, 0.2) is 72.8 Å². The number of hydrogen-bond donors (Lipinski definition) is 2. The maximum atomic E-state index is 12.5. The molecule has 3 aromatic carbocycles. The number of rotatable bonds is 6. The first-order valence-corrected chi connectivity index (χ1v) is 10.1. The normalized spacial score (nSPS) is 14.7. The molecular weight excluding hydrogens is 392 g/mol. The molecule has 1 aliphatic rings. The van der Waals surface area contributed by atoms with Crippen LogP contribution >= 0.6 is 0 Å². The summed E-state index contributed by atoms with van der Waals surface area (Å²) >= 11 is 0. The lowest BCUT2D eigenvalue weighted by Gasteiger charge is -2.26. The van der Waals surface area contributed by atoms with Crippen molar-refractivity contribution < 1.29 is 19.1 Å². The van der Waals surface area contributed by atoms with Crippen LogP contribution in [0.4, 0.5) is 11.4 Å². The van der Waals surface area contributed by atoms with Crippen molar-refractivity contribution in [2.75, 3.05) is 10.6 Å². The first kappa shape index (κ1) is 20.3. The van der Waals surface area contributed by atoms with Gasteiger partial charge in [-0.1, -0.05) is 60.2 Å². The van der Waals surface area contributed by atoms with Crippen LogP contribution in [0.2, 0.25) is 0 Å². The number of Topliss-reactive ketones (excluding diaryl/α,β-unsaturated/α-hetero) is 1. The van der Waals surface area contributed by atoms with Crippen LogP contribution in [-0.4, -0.2) is 17.6 Å². The molecule has 0 spiro atoms. The van der Waals surface area contributed by atoms with Crippen molar-refractivity contribution in [3.63, 3.8) is 0 Å². The number of amides is 2. The second-order valence-corrected chi connectivity index (χ2v) is 7.45. The highest BCUT2D eigenvalue weighted by Crippen LogP contribution is 2.36. The molecule has 3 aromatic rings. The molecule has 0 aliphatic carbocycles. The van der Waals surface area contributed by atoms with Crippen molar-refractivity contribution in [3.8, 4) is 5.75 Å². The van der Waals surface area contributed by atoms with Crippen LogP contribution < -0.4 is 15.4 Å². The zero-order valence-corrected chi connectivity index (χ0v) is 17.1. The Morgan fingerprint density at radius 3 is 2.45 bits per heavy atom. The number of carbonyl (C=O) groups excluding carboxylic acids is 3. The predicted molar refractivity (Wildman–Crippen MR) is 118 cm³/mol. The summed E-state index contributed by atoms with van der Waals surface area (Å²) in [7, 11) is 0. The van der Waals surface area contributed by atoms with Crippen molar-refractivity contribution in [1.82, 2.24) is 0 Å². The van der Waals surface area contributed by atoms with E-state index in [4.69, 9.17) is 4.74 Å². The number of ketones is 1. The van der Waals surface area contributed by atoms with Crippen LogP contribution in [-0.2, 0) is 9.59 Å². The summed E-state index contributed by atoms with van der Waals surface area (Å²) in [5.41, 5.74) is 3.45. The van der Waals surface area contributed by atoms with E-state index in [1.165, 1.54) is 0 Å². The Balaban J connectivity index is 1.37. The van der Waals surface area contributed by atoms with E-state index in [2.05, 4.69) is 10.6 Å². The largest absolute Gasteiger partial charge is 0.474 e. The van der Waals surface area contributed by atoms with Crippen LogP contribution in [0.3, 0.4) is 0 Å². The average Bonchev–Trinajstić information content (AvgIpc) is 2.78. The summed E-state index contributed by atoms with van der Waals surface area (Å²) in [6.07, 6.45) is -0.525. The lowest BCUT2D eigenvalue weighted by atomic mass is 10.0. The van der Waals surface area contributed by atoms with Crippen molar-refractivity contribution in [2.45, 2.75) is 25.9 Å². The molecule has 31 heavy (non-hydrogen) atoms. The zero-order chi connectivity index (χ0) is 21.8. The highest BCUT2D eigenvalue weighted by Gasteiger charge is 2.29. The molecule has 1 heterocycles. The van der Waals surface area contributed by atoms with Gasteiger partial charge in [-0.05, 0) is 25.1 Å². The van der Waals surface area contributed by atoms with E-state index in [1.807, 2.05) is 49.4 Å². The van der Waals surface area contributed by atoms with E-state index in [1.54, 1.807) is 30.3 Å². The van der Waals surface area contributed by atoms with Gasteiger partial charge >= 0.3 is 0 Å². The number of anilines is 2. The fraction of sp³-hybridized carbons (Fsp3) is 0.160. The van der Waals surface area contributed by atoms with Gasteiger partial charge in [0.1, 0.15) is 5.75 Å². The quantitative estimate of drug-likeness (QED) is 0.574. The predicted octanol–water partition coefficient (Wildman–Crippen LogP) is 4.67. The summed E-state index contributed by atoms with van der Waals surface area (Å²) in [6, 6.07) is 21.6. The lowest BCUT2D eigenvalue weighted by molar-refractivity contribution is -0.123. The summed E-state index contributed by atoms with van der Waals surface area (Å²) in [4.78, 5) is 37.0. The van der Waals surface area contributed by atoms with Gasteiger partial charge in [0.25, 0.3) is 5.91 Å². The molecule has 0 radical (unpaired) electrons. The molecule has 156 valence electrons. The smallest absolute Gasteiger partial charge is 0.270 e. The molecule has 0 bridgehead atoms. The van der Waals surface area contributed by atoms with Crippen LogP contribution in [0.5, 0.6) is 5.75 Å². The van der Waals surface area contributed by atoms with Gasteiger partial charge in [-0.25, -0.2) is 0 Å². The minimum Gasteiger partial charge on any atom is -0.474 e. The second kappa shape index (κ2) is 8.83. The number of fused-ring (bicyclic) bond motifs is 1. The molecule has 6 nitrogen and oxygen atoms in total. The van der Waals surface area contributed by atoms with E-state index < -0.39 is 6.10 Å². The van der Waals surface area contributed by atoms with Gasteiger partial charge in [-0.3, -0.25) is 14.4 Å². The number of nitrogens with one attached hydrogen (secondary N) is 2. The van der Waals surface area contributed by atoms with E-state index >= 15 is 0 Å². The van der Waals surface area contributed by atoms with Gasteiger partial charge in [-0.15, -0.1) is 0 Å². The zero-order valence-electron chi connectivity index (χ0n) is 17.1. The lowest BCUT2D eigenvalue weighted by Crippen LogP contribution is -2.30. The molecule has 1 atom stereocenters. The van der Waals surface area contributed by atoms with Crippen LogP contribution in [0.25, 0.3) is 0 Å². The number of hydrogen-bond acceptors (Lipinski definition) is 4. The second-order valence-electron chi connectivity index (χ2n) is 7.45. The number of benzene rings is 3. The third-order valence-corrected chi connectivity index (χ3v) is 5.06. The van der Waals surface area contributed by atoms with Gasteiger partial charge in [0, 0.05) is 29.7 Å². The fourth-order valence-corrected chi connectivity index (χ4v) is 3.37. The van der Waals surface area contributed by atoms with Crippen molar-refractivity contribution >= 4 is 29.0 Å². The number of carbonyl (C=O) groups is 3. The third kappa shape index (κ3) is 4.80. The Hall–Kier alpha value is -3.93. The van der Waals surface area contributed by atoms with Gasteiger partial charge in [0.2, 0.25) is 12.0 Å². The molecule has 2 N–H and O–H groups in total. The highest BCUT2D eigenvalue weighted by atomic mass is 16.5. The summed E-state index contributed by atoms with van der Waals surface area (Å²) in [5, 5.41) is 5.60.